The average molecular weight is 596 g/mol. The standard InChI is InChI=1S/C30H44F3N3O4Si/c1-9-38-41(39-10-2,40-11-3)16-12-13-21-17-23(29(7,8)20-28(4,5)6)19-26(27(21)37)36-34-24-15-14-22(30(31,32)33)18-25(24)35-36/h14-15,17-19,37H,9-13,16,20H2,1-8H3. The lowest BCUT2D eigenvalue weighted by Crippen LogP contribution is -2.46. The van der Waals surface area contributed by atoms with Crippen molar-refractivity contribution in [1.82, 2.24) is 15.0 Å². The van der Waals surface area contributed by atoms with Crippen molar-refractivity contribution in [3.63, 3.8) is 0 Å². The van der Waals surface area contributed by atoms with Gasteiger partial charge in [0, 0.05) is 25.9 Å². The fourth-order valence-electron chi connectivity index (χ4n) is 5.53. The molecule has 0 aliphatic rings. The second kappa shape index (κ2) is 12.8. The van der Waals surface area contributed by atoms with E-state index in [1.54, 1.807) is 0 Å². The van der Waals surface area contributed by atoms with Crippen molar-refractivity contribution in [3.05, 3.63) is 47.0 Å². The molecule has 41 heavy (non-hydrogen) atoms. The Labute approximate surface area is 242 Å². The van der Waals surface area contributed by atoms with Gasteiger partial charge in [0.05, 0.1) is 5.56 Å². The number of alkyl halides is 3. The van der Waals surface area contributed by atoms with Gasteiger partial charge in [-0.15, -0.1) is 15.0 Å². The van der Waals surface area contributed by atoms with Crippen LogP contribution in [0.4, 0.5) is 13.2 Å². The lowest BCUT2D eigenvalue weighted by molar-refractivity contribution is -0.137. The first kappa shape index (κ1) is 33.0. The van der Waals surface area contributed by atoms with Crippen molar-refractivity contribution >= 4 is 19.8 Å². The second-order valence-electron chi connectivity index (χ2n) is 12.2. The Morgan fingerprint density at radius 3 is 1.95 bits per heavy atom. The molecule has 0 spiro atoms. The Hall–Kier alpha value is -2.47. The number of aromatic nitrogens is 3. The average Bonchev–Trinajstić information content (AvgIpc) is 3.27. The van der Waals surface area contributed by atoms with Gasteiger partial charge in [-0.1, -0.05) is 40.7 Å². The first-order valence-corrected chi connectivity index (χ1v) is 16.2. The number of hydrogen-bond donors (Lipinski definition) is 1. The van der Waals surface area contributed by atoms with Crippen molar-refractivity contribution in [1.29, 1.82) is 0 Å². The van der Waals surface area contributed by atoms with Gasteiger partial charge in [0.1, 0.15) is 22.5 Å². The summed E-state index contributed by atoms with van der Waals surface area (Å²) in [6.45, 7) is 18.0. The molecule has 0 unspecified atom stereocenters. The van der Waals surface area contributed by atoms with Crippen LogP contribution >= 0.6 is 0 Å². The van der Waals surface area contributed by atoms with Crippen molar-refractivity contribution < 1.29 is 31.6 Å². The van der Waals surface area contributed by atoms with Gasteiger partial charge in [0.15, 0.2) is 0 Å². The Morgan fingerprint density at radius 1 is 0.829 bits per heavy atom. The topological polar surface area (TPSA) is 78.6 Å². The van der Waals surface area contributed by atoms with E-state index in [0.717, 1.165) is 24.1 Å². The molecule has 0 aliphatic heterocycles. The largest absolute Gasteiger partial charge is 0.505 e. The Bertz CT molecular complexity index is 1300. The van der Waals surface area contributed by atoms with Crippen LogP contribution in [0, 0.1) is 5.41 Å². The number of aryl methyl sites for hydroxylation is 1. The van der Waals surface area contributed by atoms with Gasteiger partial charge in [-0.2, -0.15) is 13.2 Å². The van der Waals surface area contributed by atoms with E-state index < -0.39 is 20.5 Å². The maximum absolute atomic E-state index is 13.3. The van der Waals surface area contributed by atoms with Crippen LogP contribution in [-0.2, 0) is 31.3 Å². The summed E-state index contributed by atoms with van der Waals surface area (Å²) in [7, 11) is -2.87. The number of aromatic hydroxyl groups is 1. The minimum absolute atomic E-state index is 0.00634. The highest BCUT2D eigenvalue weighted by molar-refractivity contribution is 6.60. The molecule has 0 aliphatic carbocycles. The summed E-state index contributed by atoms with van der Waals surface area (Å²) in [5.74, 6) is -0.00634. The lowest BCUT2D eigenvalue weighted by Gasteiger charge is -2.34. The molecule has 0 amide bonds. The van der Waals surface area contributed by atoms with Crippen LogP contribution in [0.15, 0.2) is 30.3 Å². The molecule has 1 N–H and O–H groups in total. The number of fused-ring (bicyclic) bond motifs is 1. The van der Waals surface area contributed by atoms with Gasteiger partial charge < -0.3 is 18.4 Å². The molecule has 2 aromatic carbocycles. The third-order valence-electron chi connectivity index (χ3n) is 6.87. The summed E-state index contributed by atoms with van der Waals surface area (Å²) in [4.78, 5) is 1.24. The Morgan fingerprint density at radius 2 is 1.41 bits per heavy atom. The molecule has 3 rings (SSSR count). The molecule has 1 heterocycles. The third-order valence-corrected chi connectivity index (χ3v) is 10.0. The van der Waals surface area contributed by atoms with Crippen LogP contribution in [0.3, 0.4) is 0 Å². The van der Waals surface area contributed by atoms with Crippen LogP contribution in [0.25, 0.3) is 16.7 Å². The Balaban J connectivity index is 2.07. The molecule has 0 bridgehead atoms. The number of benzene rings is 2. The number of phenolic OH excluding ortho intramolecular Hbond substituents is 1. The molecule has 0 atom stereocenters. The molecule has 0 saturated heterocycles. The van der Waals surface area contributed by atoms with Crippen LogP contribution in [0.2, 0.25) is 6.04 Å². The highest BCUT2D eigenvalue weighted by Crippen LogP contribution is 2.40. The highest BCUT2D eigenvalue weighted by atomic mass is 28.4. The molecule has 7 nitrogen and oxygen atoms in total. The van der Waals surface area contributed by atoms with Gasteiger partial charge >= 0.3 is 15.0 Å². The van der Waals surface area contributed by atoms with E-state index in [2.05, 4.69) is 44.8 Å². The first-order chi connectivity index (χ1) is 19.0. The van der Waals surface area contributed by atoms with Crippen LogP contribution in [0.1, 0.15) is 84.9 Å². The quantitative estimate of drug-likeness (QED) is 0.203. The summed E-state index contributed by atoms with van der Waals surface area (Å²) >= 11 is 0. The van der Waals surface area contributed by atoms with E-state index in [1.807, 2.05) is 32.9 Å². The fourth-order valence-corrected chi connectivity index (χ4v) is 8.15. The van der Waals surface area contributed by atoms with Crippen LogP contribution in [-0.4, -0.2) is 48.7 Å². The molecule has 0 fully saturated rings. The SMILES string of the molecule is CCO[Si](CCCc1cc(C(C)(C)CC(C)(C)C)cc(-n2nc3ccc(C(F)(F)F)cc3n2)c1O)(OCC)OCC. The summed E-state index contributed by atoms with van der Waals surface area (Å²) < 4.78 is 57.9. The second-order valence-corrected chi connectivity index (χ2v) is 14.9. The van der Waals surface area contributed by atoms with Crippen LogP contribution < -0.4 is 0 Å². The lowest BCUT2D eigenvalue weighted by atomic mass is 9.72. The van der Waals surface area contributed by atoms with Crippen molar-refractivity contribution in [2.45, 2.75) is 92.3 Å². The van der Waals surface area contributed by atoms with Gasteiger partial charge in [-0.25, -0.2) is 0 Å². The van der Waals surface area contributed by atoms with Crippen molar-refractivity contribution in [2.75, 3.05) is 19.8 Å². The molecule has 3 aromatic rings. The molecule has 228 valence electrons. The van der Waals surface area contributed by atoms with E-state index in [-0.39, 0.29) is 22.1 Å². The summed E-state index contributed by atoms with van der Waals surface area (Å²) in [6.07, 6.45) is -2.47. The number of halogens is 3. The third kappa shape index (κ3) is 8.30. The number of nitrogens with zero attached hydrogens (tertiary/aromatic N) is 3. The fraction of sp³-hybridized carbons (Fsp3) is 0.600. The zero-order chi connectivity index (χ0) is 30.6. The van der Waals surface area contributed by atoms with Gasteiger partial charge in [0.2, 0.25) is 0 Å². The summed E-state index contributed by atoms with van der Waals surface area (Å²) in [5.41, 5.74) is 1.37. The summed E-state index contributed by atoms with van der Waals surface area (Å²) in [5, 5.41) is 20.2. The van der Waals surface area contributed by atoms with Crippen molar-refractivity contribution in [3.8, 4) is 11.4 Å². The predicted molar refractivity (Wildman–Crippen MR) is 156 cm³/mol. The van der Waals surface area contributed by atoms with E-state index in [0.29, 0.717) is 55.5 Å². The normalized spacial score (nSPS) is 13.3. The van der Waals surface area contributed by atoms with E-state index in [1.165, 1.54) is 10.9 Å². The van der Waals surface area contributed by atoms with Crippen LogP contribution in [0.5, 0.6) is 5.75 Å². The maximum Gasteiger partial charge on any atom is 0.500 e. The van der Waals surface area contributed by atoms with E-state index in [4.69, 9.17) is 13.3 Å². The van der Waals surface area contributed by atoms with Gasteiger partial charge in [-0.05, 0) is 86.3 Å². The molecule has 0 radical (unpaired) electrons. The smallest absolute Gasteiger partial charge is 0.500 e. The van der Waals surface area contributed by atoms with E-state index >= 15 is 0 Å². The molecule has 11 heteroatoms. The predicted octanol–water partition coefficient (Wildman–Crippen LogP) is 7.84. The monoisotopic (exact) mass is 595 g/mol. The zero-order valence-corrected chi connectivity index (χ0v) is 26.5. The van der Waals surface area contributed by atoms with E-state index in [9.17, 15) is 18.3 Å². The van der Waals surface area contributed by atoms with Gasteiger partial charge in [-0.3, -0.25) is 0 Å². The maximum atomic E-state index is 13.3. The summed E-state index contributed by atoms with van der Waals surface area (Å²) in [6, 6.07) is 7.70. The zero-order valence-electron chi connectivity index (χ0n) is 25.5. The van der Waals surface area contributed by atoms with Crippen molar-refractivity contribution in [2.24, 2.45) is 5.41 Å². The molecule has 0 saturated carbocycles. The molecular formula is C30H44F3N3O4Si. The Kier molecular flexibility index (Phi) is 10.3. The van der Waals surface area contributed by atoms with Gasteiger partial charge in [0.25, 0.3) is 0 Å². The number of phenols is 1. The molecular weight excluding hydrogens is 551 g/mol. The number of rotatable bonds is 13. The minimum Gasteiger partial charge on any atom is -0.505 e. The number of hydrogen-bond acceptors (Lipinski definition) is 6. The molecule has 1 aromatic heterocycles. The minimum atomic E-state index is -4.49. The first-order valence-electron chi connectivity index (χ1n) is 14.3. The highest BCUT2D eigenvalue weighted by Gasteiger charge is 2.40.